The molecule has 0 bridgehead atoms. The van der Waals surface area contributed by atoms with Crippen LogP contribution in [-0.2, 0) is 4.79 Å². The number of rotatable bonds is 5. The van der Waals surface area contributed by atoms with E-state index in [1.54, 1.807) is 18.7 Å². The molecule has 3 nitrogen and oxygen atoms in total. The van der Waals surface area contributed by atoms with Crippen molar-refractivity contribution >= 4 is 17.7 Å². The van der Waals surface area contributed by atoms with Gasteiger partial charge in [-0.3, -0.25) is 4.79 Å². The molecule has 0 spiro atoms. The third-order valence-electron chi connectivity index (χ3n) is 1.53. The smallest absolute Gasteiger partial charge is 0.323 e. The number of hydrogen-bond donors (Lipinski definition) is 2. The quantitative estimate of drug-likeness (QED) is 0.613. The molecular formula is C7H15NO2S. The van der Waals surface area contributed by atoms with Gasteiger partial charge in [0.2, 0.25) is 0 Å². The first kappa shape index (κ1) is 10.8. The van der Waals surface area contributed by atoms with E-state index in [0.29, 0.717) is 6.42 Å². The molecule has 11 heavy (non-hydrogen) atoms. The van der Waals surface area contributed by atoms with Gasteiger partial charge < -0.3 is 10.8 Å². The summed E-state index contributed by atoms with van der Waals surface area (Å²) in [4.78, 5) is 10.5. The standard InChI is InChI=1S/C7H15NO2S/c1-7(8,6(9)10)4-3-5-11-2/h3-5,8H2,1-2H3,(H,9,10). The minimum Gasteiger partial charge on any atom is -0.480 e. The Kier molecular flexibility index (Phi) is 4.52. The van der Waals surface area contributed by atoms with Gasteiger partial charge in [-0.15, -0.1) is 0 Å². The Bertz CT molecular complexity index is 136. The van der Waals surface area contributed by atoms with E-state index in [4.69, 9.17) is 10.8 Å². The van der Waals surface area contributed by atoms with Gasteiger partial charge in [-0.1, -0.05) is 0 Å². The predicted octanol–water partition coefficient (Wildman–Crippen LogP) is 0.932. The molecular weight excluding hydrogens is 162 g/mol. The summed E-state index contributed by atoms with van der Waals surface area (Å²) < 4.78 is 0. The fourth-order valence-electron chi connectivity index (χ4n) is 0.691. The third kappa shape index (κ3) is 4.27. The van der Waals surface area contributed by atoms with Crippen molar-refractivity contribution in [2.45, 2.75) is 25.3 Å². The van der Waals surface area contributed by atoms with Crippen LogP contribution in [0.3, 0.4) is 0 Å². The summed E-state index contributed by atoms with van der Waals surface area (Å²) in [5.41, 5.74) is 4.45. The Morgan fingerprint density at radius 2 is 2.27 bits per heavy atom. The second-order valence-electron chi connectivity index (χ2n) is 2.82. The van der Waals surface area contributed by atoms with Gasteiger partial charge in [0.1, 0.15) is 5.54 Å². The highest BCUT2D eigenvalue weighted by Gasteiger charge is 2.26. The van der Waals surface area contributed by atoms with E-state index in [1.165, 1.54) is 0 Å². The minimum atomic E-state index is -1.05. The molecule has 1 unspecified atom stereocenters. The van der Waals surface area contributed by atoms with Crippen LogP contribution in [0.25, 0.3) is 0 Å². The maximum absolute atomic E-state index is 10.5. The average molecular weight is 177 g/mol. The Hall–Kier alpha value is -0.220. The lowest BCUT2D eigenvalue weighted by molar-refractivity contribution is -0.142. The molecule has 0 aromatic rings. The fourth-order valence-corrected chi connectivity index (χ4v) is 1.12. The summed E-state index contributed by atoms with van der Waals surface area (Å²) in [6.07, 6.45) is 3.40. The van der Waals surface area contributed by atoms with E-state index in [0.717, 1.165) is 12.2 Å². The number of aliphatic carboxylic acids is 1. The molecule has 0 saturated carbocycles. The Labute approximate surface area is 71.3 Å². The van der Waals surface area contributed by atoms with Crippen LogP contribution in [0.15, 0.2) is 0 Å². The van der Waals surface area contributed by atoms with Gasteiger partial charge >= 0.3 is 5.97 Å². The van der Waals surface area contributed by atoms with Gasteiger partial charge in [-0.05, 0) is 31.8 Å². The topological polar surface area (TPSA) is 63.3 Å². The van der Waals surface area contributed by atoms with Crippen molar-refractivity contribution in [1.29, 1.82) is 0 Å². The summed E-state index contributed by atoms with van der Waals surface area (Å²) in [7, 11) is 0. The van der Waals surface area contributed by atoms with E-state index in [-0.39, 0.29) is 0 Å². The number of nitrogens with two attached hydrogens (primary N) is 1. The van der Waals surface area contributed by atoms with Crippen molar-refractivity contribution in [2.24, 2.45) is 5.73 Å². The molecule has 0 rings (SSSR count). The first-order valence-electron chi connectivity index (χ1n) is 3.52. The van der Waals surface area contributed by atoms with Crippen molar-refractivity contribution < 1.29 is 9.90 Å². The second kappa shape index (κ2) is 4.62. The van der Waals surface area contributed by atoms with Crippen molar-refractivity contribution in [2.75, 3.05) is 12.0 Å². The molecule has 0 heterocycles. The monoisotopic (exact) mass is 177 g/mol. The molecule has 0 radical (unpaired) electrons. The molecule has 66 valence electrons. The molecule has 1 atom stereocenters. The Morgan fingerprint density at radius 1 is 1.73 bits per heavy atom. The lowest BCUT2D eigenvalue weighted by atomic mass is 9.98. The minimum absolute atomic E-state index is 0.545. The van der Waals surface area contributed by atoms with Crippen LogP contribution in [0.1, 0.15) is 19.8 Å². The van der Waals surface area contributed by atoms with E-state index in [1.807, 2.05) is 6.26 Å². The van der Waals surface area contributed by atoms with Gasteiger partial charge in [0, 0.05) is 0 Å². The lowest BCUT2D eigenvalue weighted by Crippen LogP contribution is -2.44. The first-order valence-corrected chi connectivity index (χ1v) is 4.91. The second-order valence-corrected chi connectivity index (χ2v) is 3.80. The van der Waals surface area contributed by atoms with E-state index >= 15 is 0 Å². The van der Waals surface area contributed by atoms with Crippen molar-refractivity contribution in [3.05, 3.63) is 0 Å². The van der Waals surface area contributed by atoms with Crippen LogP contribution < -0.4 is 5.73 Å². The zero-order valence-corrected chi connectivity index (χ0v) is 7.78. The van der Waals surface area contributed by atoms with Gasteiger partial charge in [0.05, 0.1) is 0 Å². The van der Waals surface area contributed by atoms with E-state index in [9.17, 15) is 4.79 Å². The molecule has 0 aliphatic carbocycles. The number of carboxylic acids is 1. The Morgan fingerprint density at radius 3 is 2.64 bits per heavy atom. The summed E-state index contributed by atoms with van der Waals surface area (Å²) in [5.74, 6) is 0.0543. The number of hydrogen-bond acceptors (Lipinski definition) is 3. The SMILES string of the molecule is CSCCCC(C)(N)C(=O)O. The predicted molar refractivity (Wildman–Crippen MR) is 47.8 cm³/mol. The molecule has 0 aromatic heterocycles. The van der Waals surface area contributed by atoms with Crippen LogP contribution >= 0.6 is 11.8 Å². The van der Waals surface area contributed by atoms with Crippen LogP contribution in [0.2, 0.25) is 0 Å². The van der Waals surface area contributed by atoms with Crippen molar-refractivity contribution in [3.8, 4) is 0 Å². The molecule has 0 aliphatic rings. The summed E-state index contributed by atoms with van der Waals surface area (Å²) in [6.45, 7) is 1.55. The number of carbonyl (C=O) groups is 1. The van der Waals surface area contributed by atoms with Crippen LogP contribution in [0, 0.1) is 0 Å². The van der Waals surface area contributed by atoms with Crippen LogP contribution in [0.4, 0.5) is 0 Å². The normalized spacial score (nSPS) is 15.9. The summed E-state index contributed by atoms with van der Waals surface area (Å²) in [5, 5.41) is 8.61. The highest BCUT2D eigenvalue weighted by Crippen LogP contribution is 2.10. The highest BCUT2D eigenvalue weighted by atomic mass is 32.2. The number of thioether (sulfide) groups is 1. The molecule has 0 fully saturated rings. The maximum atomic E-state index is 10.5. The zero-order chi connectivity index (χ0) is 8.91. The van der Waals surface area contributed by atoms with Crippen molar-refractivity contribution in [3.63, 3.8) is 0 Å². The van der Waals surface area contributed by atoms with Crippen molar-refractivity contribution in [1.82, 2.24) is 0 Å². The van der Waals surface area contributed by atoms with Crippen LogP contribution in [0.5, 0.6) is 0 Å². The average Bonchev–Trinajstić information content (AvgIpc) is 1.88. The lowest BCUT2D eigenvalue weighted by Gasteiger charge is -2.18. The molecule has 0 aromatic carbocycles. The molecule has 0 aliphatic heterocycles. The van der Waals surface area contributed by atoms with Gasteiger partial charge in [-0.2, -0.15) is 11.8 Å². The molecule has 3 N–H and O–H groups in total. The molecule has 0 saturated heterocycles. The fraction of sp³-hybridized carbons (Fsp3) is 0.857. The zero-order valence-electron chi connectivity index (χ0n) is 6.96. The first-order chi connectivity index (χ1) is 5.00. The molecule has 0 amide bonds. The number of carboxylic acid groups (broad SMARTS) is 1. The van der Waals surface area contributed by atoms with Gasteiger partial charge in [-0.25, -0.2) is 0 Å². The van der Waals surface area contributed by atoms with Crippen LogP contribution in [-0.4, -0.2) is 28.6 Å². The third-order valence-corrected chi connectivity index (χ3v) is 2.23. The summed E-state index contributed by atoms with van der Waals surface area (Å²) >= 11 is 1.71. The van der Waals surface area contributed by atoms with E-state index < -0.39 is 11.5 Å². The van der Waals surface area contributed by atoms with E-state index in [2.05, 4.69) is 0 Å². The maximum Gasteiger partial charge on any atom is 0.323 e. The van der Waals surface area contributed by atoms with Gasteiger partial charge in [0.15, 0.2) is 0 Å². The highest BCUT2D eigenvalue weighted by molar-refractivity contribution is 7.98. The van der Waals surface area contributed by atoms with Gasteiger partial charge in [0.25, 0.3) is 0 Å². The summed E-state index contributed by atoms with van der Waals surface area (Å²) in [6, 6.07) is 0. The Balaban J connectivity index is 3.64. The molecule has 4 heteroatoms. The largest absolute Gasteiger partial charge is 0.480 e.